The van der Waals surface area contributed by atoms with Gasteiger partial charge in [-0.2, -0.15) is 0 Å². The molecule has 0 bridgehead atoms. The van der Waals surface area contributed by atoms with Gasteiger partial charge in [-0.25, -0.2) is 0 Å². The quantitative estimate of drug-likeness (QED) is 0.120. The van der Waals surface area contributed by atoms with E-state index in [1.807, 2.05) is 109 Å². The van der Waals surface area contributed by atoms with Crippen LogP contribution in [0.3, 0.4) is 0 Å². The molecule has 0 fully saturated rings. The zero-order valence-electron chi connectivity index (χ0n) is 18.9. The molecular formula is C32H22N2Pd. The number of nitrogens with zero attached hydrogens (tertiary/aromatic N) is 2. The molecule has 0 N–H and O–H groups in total. The predicted molar refractivity (Wildman–Crippen MR) is 140 cm³/mol. The van der Waals surface area contributed by atoms with Crippen molar-refractivity contribution in [3.05, 3.63) is 168 Å². The van der Waals surface area contributed by atoms with Gasteiger partial charge < -0.3 is 0 Å². The SMILES string of the molecule is [Pd+2].[c-]1ccccc1C(=Nc1ccccc1N=C(c1[c-]cccc1)c1ccccc1)c1ccccc1. The van der Waals surface area contributed by atoms with Crippen molar-refractivity contribution in [1.82, 2.24) is 0 Å². The Morgan fingerprint density at radius 2 is 0.800 bits per heavy atom. The molecule has 0 heterocycles. The van der Waals surface area contributed by atoms with E-state index in [2.05, 4.69) is 36.4 Å². The van der Waals surface area contributed by atoms with Gasteiger partial charge in [0.1, 0.15) is 0 Å². The van der Waals surface area contributed by atoms with E-state index in [4.69, 9.17) is 9.98 Å². The maximum Gasteiger partial charge on any atom is 2.00 e. The average Bonchev–Trinajstić information content (AvgIpc) is 2.93. The van der Waals surface area contributed by atoms with Gasteiger partial charge in [-0.1, -0.05) is 72.8 Å². The van der Waals surface area contributed by atoms with Gasteiger partial charge in [0, 0.05) is 0 Å². The van der Waals surface area contributed by atoms with Crippen LogP contribution in [-0.2, 0) is 20.4 Å². The molecule has 0 aliphatic rings. The van der Waals surface area contributed by atoms with E-state index < -0.39 is 0 Å². The Morgan fingerprint density at radius 3 is 1.17 bits per heavy atom. The van der Waals surface area contributed by atoms with Crippen LogP contribution in [0.2, 0.25) is 0 Å². The summed E-state index contributed by atoms with van der Waals surface area (Å²) in [7, 11) is 0. The third-order valence-corrected chi connectivity index (χ3v) is 5.37. The van der Waals surface area contributed by atoms with Crippen molar-refractivity contribution in [3.63, 3.8) is 0 Å². The van der Waals surface area contributed by atoms with Crippen molar-refractivity contribution in [2.24, 2.45) is 9.98 Å². The summed E-state index contributed by atoms with van der Waals surface area (Å²) in [6.07, 6.45) is 0. The molecule has 5 aromatic carbocycles. The maximum absolute atomic E-state index is 5.11. The molecule has 35 heavy (non-hydrogen) atoms. The first-order chi connectivity index (χ1) is 16.9. The second-order valence-electron chi connectivity index (χ2n) is 7.69. The molecule has 0 saturated heterocycles. The molecule has 0 radical (unpaired) electrons. The maximum atomic E-state index is 5.11. The Hall–Kier alpha value is -3.90. The third-order valence-electron chi connectivity index (χ3n) is 5.37. The molecule has 170 valence electrons. The van der Waals surface area contributed by atoms with Gasteiger partial charge in [0.25, 0.3) is 0 Å². The summed E-state index contributed by atoms with van der Waals surface area (Å²) in [5, 5.41) is 0. The smallest absolute Gasteiger partial charge is 0.294 e. The molecule has 0 atom stereocenters. The van der Waals surface area contributed by atoms with Crippen LogP contribution in [0.1, 0.15) is 22.3 Å². The summed E-state index contributed by atoms with van der Waals surface area (Å²) in [5.41, 5.74) is 7.24. The summed E-state index contributed by atoms with van der Waals surface area (Å²) in [4.78, 5) is 10.2. The van der Waals surface area contributed by atoms with Crippen molar-refractivity contribution in [2.45, 2.75) is 0 Å². The first-order valence-corrected chi connectivity index (χ1v) is 11.2. The molecule has 2 nitrogen and oxygen atoms in total. The topological polar surface area (TPSA) is 24.7 Å². The molecule has 0 aliphatic heterocycles. The van der Waals surface area contributed by atoms with Crippen molar-refractivity contribution in [2.75, 3.05) is 0 Å². The van der Waals surface area contributed by atoms with Crippen LogP contribution in [0.5, 0.6) is 0 Å². The minimum absolute atomic E-state index is 0. The van der Waals surface area contributed by atoms with Crippen LogP contribution >= 0.6 is 0 Å². The van der Waals surface area contributed by atoms with Gasteiger partial charge in [0.2, 0.25) is 0 Å². The first kappa shape index (κ1) is 24.2. The molecule has 0 aromatic heterocycles. The van der Waals surface area contributed by atoms with E-state index in [0.29, 0.717) is 0 Å². The van der Waals surface area contributed by atoms with E-state index in [9.17, 15) is 0 Å². The molecule has 3 heteroatoms. The van der Waals surface area contributed by atoms with Gasteiger partial charge in [-0.3, -0.25) is 9.98 Å². The Kier molecular flexibility index (Phi) is 8.31. The standard InChI is InChI=1S/C32H22N2.Pd/c1-5-15-25(16-6-1)31(26-17-7-2-8-18-26)33-29-23-13-14-24-30(29)34-32(27-19-9-3-10-20-27)28-21-11-4-12-22-28;/h1-17,19-21,23-24H;/q-2;+2. The zero-order valence-corrected chi connectivity index (χ0v) is 20.5. The molecule has 0 amide bonds. The molecule has 0 spiro atoms. The third kappa shape index (κ3) is 5.97. The van der Waals surface area contributed by atoms with Gasteiger partial charge in [0.15, 0.2) is 0 Å². The first-order valence-electron chi connectivity index (χ1n) is 11.2. The van der Waals surface area contributed by atoms with Crippen LogP contribution < -0.4 is 0 Å². The average molecular weight is 541 g/mol. The summed E-state index contributed by atoms with van der Waals surface area (Å²) in [6, 6.07) is 50.9. The van der Waals surface area contributed by atoms with E-state index in [1.54, 1.807) is 0 Å². The van der Waals surface area contributed by atoms with Crippen molar-refractivity contribution in [1.29, 1.82) is 0 Å². The fraction of sp³-hybridized carbons (Fsp3) is 0. The number of rotatable bonds is 6. The molecule has 0 aliphatic carbocycles. The summed E-state index contributed by atoms with van der Waals surface area (Å²) in [5.74, 6) is 0. The van der Waals surface area contributed by atoms with Crippen LogP contribution in [0.25, 0.3) is 0 Å². The predicted octanol–water partition coefficient (Wildman–Crippen LogP) is 7.62. The largest absolute Gasteiger partial charge is 2.00 e. The van der Waals surface area contributed by atoms with Crippen LogP contribution in [0, 0.1) is 12.1 Å². The Labute approximate surface area is 220 Å². The molecule has 5 aromatic rings. The molecular weight excluding hydrogens is 519 g/mol. The Morgan fingerprint density at radius 1 is 0.429 bits per heavy atom. The summed E-state index contributed by atoms with van der Waals surface area (Å²) in [6.45, 7) is 0. The van der Waals surface area contributed by atoms with Crippen molar-refractivity contribution < 1.29 is 20.4 Å². The van der Waals surface area contributed by atoms with Crippen molar-refractivity contribution >= 4 is 22.8 Å². The second-order valence-corrected chi connectivity index (χ2v) is 7.69. The van der Waals surface area contributed by atoms with Crippen LogP contribution in [-0.4, -0.2) is 11.4 Å². The number of benzene rings is 5. The van der Waals surface area contributed by atoms with Gasteiger partial charge in [-0.15, -0.1) is 71.8 Å². The fourth-order valence-corrected chi connectivity index (χ4v) is 3.73. The monoisotopic (exact) mass is 540 g/mol. The minimum atomic E-state index is 0. The molecule has 0 unspecified atom stereocenters. The van der Waals surface area contributed by atoms with E-state index in [1.165, 1.54) is 0 Å². The zero-order chi connectivity index (χ0) is 23.0. The number of hydrogen-bond acceptors (Lipinski definition) is 2. The van der Waals surface area contributed by atoms with Gasteiger partial charge in [-0.05, 0) is 34.7 Å². The van der Waals surface area contributed by atoms with E-state index >= 15 is 0 Å². The number of aliphatic imine (C=N–C) groups is 2. The van der Waals surface area contributed by atoms with E-state index in [-0.39, 0.29) is 20.4 Å². The van der Waals surface area contributed by atoms with Crippen LogP contribution in [0.15, 0.2) is 143 Å². The summed E-state index contributed by atoms with van der Waals surface area (Å²) >= 11 is 0. The second kappa shape index (κ2) is 12.0. The normalized spacial score (nSPS) is 11.5. The van der Waals surface area contributed by atoms with Crippen LogP contribution in [0.4, 0.5) is 11.4 Å². The summed E-state index contributed by atoms with van der Waals surface area (Å²) < 4.78 is 0. The van der Waals surface area contributed by atoms with Gasteiger partial charge >= 0.3 is 20.4 Å². The Bertz CT molecular complexity index is 1220. The molecule has 5 rings (SSSR count). The minimum Gasteiger partial charge on any atom is -0.294 e. The van der Waals surface area contributed by atoms with Crippen molar-refractivity contribution in [3.8, 4) is 0 Å². The Balaban J connectivity index is 0.00000289. The molecule has 0 saturated carbocycles. The van der Waals surface area contributed by atoms with E-state index in [0.717, 1.165) is 45.1 Å². The number of para-hydroxylation sites is 2. The number of hydrogen-bond donors (Lipinski definition) is 0. The fourth-order valence-electron chi connectivity index (χ4n) is 3.73. The van der Waals surface area contributed by atoms with Gasteiger partial charge in [0.05, 0.1) is 11.4 Å².